The van der Waals surface area contributed by atoms with Gasteiger partial charge in [0, 0.05) is 16.1 Å². The first kappa shape index (κ1) is 22.1. The fourth-order valence-electron chi connectivity index (χ4n) is 2.80. The highest BCUT2D eigenvalue weighted by Crippen LogP contribution is 2.27. The number of carbonyl (C=O) groups excluding carboxylic acids is 2. The normalized spacial score (nSPS) is 10.7. The van der Waals surface area contributed by atoms with Gasteiger partial charge in [0.25, 0.3) is 5.91 Å². The van der Waals surface area contributed by atoms with Gasteiger partial charge in [0.2, 0.25) is 11.0 Å². The Labute approximate surface area is 197 Å². The van der Waals surface area contributed by atoms with Crippen molar-refractivity contribution in [1.29, 1.82) is 0 Å². The number of aromatic nitrogens is 2. The van der Waals surface area contributed by atoms with E-state index in [9.17, 15) is 9.59 Å². The fourth-order valence-corrected chi connectivity index (χ4v) is 4.50. The molecule has 3 aromatic carbocycles. The van der Waals surface area contributed by atoms with Crippen molar-refractivity contribution in [3.63, 3.8) is 0 Å². The third kappa shape index (κ3) is 5.97. The summed E-state index contributed by atoms with van der Waals surface area (Å²) >= 11 is 8.26. The van der Waals surface area contributed by atoms with Crippen molar-refractivity contribution >= 4 is 68.1 Å². The van der Waals surface area contributed by atoms with Crippen LogP contribution in [0.3, 0.4) is 0 Å². The van der Waals surface area contributed by atoms with Crippen molar-refractivity contribution in [2.75, 3.05) is 23.0 Å². The van der Waals surface area contributed by atoms with Crippen molar-refractivity contribution in [2.45, 2.75) is 4.34 Å². The van der Waals surface area contributed by atoms with Gasteiger partial charge in [-0.05, 0) is 35.7 Å². The minimum Gasteiger partial charge on any atom is -0.484 e. The molecule has 2 amide bonds. The van der Waals surface area contributed by atoms with Gasteiger partial charge in [0.05, 0.1) is 5.75 Å². The van der Waals surface area contributed by atoms with Crippen LogP contribution in [-0.2, 0) is 9.59 Å². The molecule has 0 atom stereocenters. The first-order chi connectivity index (χ1) is 15.6. The molecule has 0 aliphatic heterocycles. The van der Waals surface area contributed by atoms with Crippen LogP contribution in [0.2, 0.25) is 5.02 Å². The van der Waals surface area contributed by atoms with Gasteiger partial charge in [-0.3, -0.25) is 14.9 Å². The Morgan fingerprint density at radius 3 is 2.56 bits per heavy atom. The summed E-state index contributed by atoms with van der Waals surface area (Å²) in [5, 5.41) is 16.5. The minimum absolute atomic E-state index is 0.150. The van der Waals surface area contributed by atoms with Crippen LogP contribution < -0.4 is 15.4 Å². The molecule has 0 bridgehead atoms. The molecule has 0 unspecified atom stereocenters. The number of benzene rings is 3. The molecule has 0 saturated carbocycles. The Morgan fingerprint density at radius 1 is 0.938 bits per heavy atom. The van der Waals surface area contributed by atoms with Crippen molar-refractivity contribution < 1.29 is 14.3 Å². The number of rotatable bonds is 8. The van der Waals surface area contributed by atoms with E-state index in [-0.39, 0.29) is 24.2 Å². The molecule has 32 heavy (non-hydrogen) atoms. The van der Waals surface area contributed by atoms with E-state index in [4.69, 9.17) is 16.3 Å². The first-order valence-corrected chi connectivity index (χ1v) is 11.7. The number of carbonyl (C=O) groups is 2. The molecule has 4 aromatic rings. The van der Waals surface area contributed by atoms with Crippen LogP contribution in [0.1, 0.15) is 0 Å². The third-order valence-corrected chi connectivity index (χ3v) is 6.45. The summed E-state index contributed by atoms with van der Waals surface area (Å²) in [5.74, 6) is 0.200. The molecule has 0 aliphatic carbocycles. The Kier molecular flexibility index (Phi) is 7.21. The third-order valence-electron chi connectivity index (χ3n) is 4.23. The largest absolute Gasteiger partial charge is 0.484 e. The highest BCUT2D eigenvalue weighted by molar-refractivity contribution is 8.01. The predicted molar refractivity (Wildman–Crippen MR) is 129 cm³/mol. The Hall–Kier alpha value is -3.14. The second kappa shape index (κ2) is 10.4. The maximum atomic E-state index is 12.4. The van der Waals surface area contributed by atoms with E-state index >= 15 is 0 Å². The first-order valence-electron chi connectivity index (χ1n) is 9.49. The van der Waals surface area contributed by atoms with Gasteiger partial charge in [0.15, 0.2) is 10.9 Å². The van der Waals surface area contributed by atoms with Gasteiger partial charge in [0.1, 0.15) is 5.75 Å². The molecule has 0 aliphatic rings. The van der Waals surface area contributed by atoms with Crippen molar-refractivity contribution in [3.05, 3.63) is 71.8 Å². The van der Waals surface area contributed by atoms with Gasteiger partial charge in [-0.25, -0.2) is 0 Å². The molecule has 0 radical (unpaired) electrons. The van der Waals surface area contributed by atoms with Crippen molar-refractivity contribution in [1.82, 2.24) is 10.2 Å². The lowest BCUT2D eigenvalue weighted by Crippen LogP contribution is -2.20. The standard InChI is InChI=1S/C22H17ClN4O3S2/c23-15-8-10-16(11-9-15)30-12-19(28)25-21-26-27-22(32-21)31-13-20(29)24-18-7-3-5-14-4-1-2-6-17(14)18/h1-11H,12-13H2,(H,24,29)(H,25,26,28). The lowest BCUT2D eigenvalue weighted by atomic mass is 10.1. The minimum atomic E-state index is -0.360. The number of hydrogen-bond donors (Lipinski definition) is 2. The smallest absolute Gasteiger partial charge is 0.264 e. The van der Waals surface area contributed by atoms with E-state index in [1.54, 1.807) is 24.3 Å². The zero-order chi connectivity index (χ0) is 22.3. The number of hydrogen-bond acceptors (Lipinski definition) is 7. The molecule has 7 nitrogen and oxygen atoms in total. The van der Waals surface area contributed by atoms with E-state index in [1.165, 1.54) is 23.1 Å². The summed E-state index contributed by atoms with van der Waals surface area (Å²) < 4.78 is 5.97. The average molecular weight is 485 g/mol. The molecule has 0 saturated heterocycles. The van der Waals surface area contributed by atoms with E-state index < -0.39 is 0 Å². The summed E-state index contributed by atoms with van der Waals surface area (Å²) in [5.41, 5.74) is 0.764. The molecule has 0 spiro atoms. The summed E-state index contributed by atoms with van der Waals surface area (Å²) in [7, 11) is 0. The molecule has 4 rings (SSSR count). The topological polar surface area (TPSA) is 93.2 Å². The van der Waals surface area contributed by atoms with Crippen LogP contribution in [0.5, 0.6) is 5.75 Å². The SMILES string of the molecule is O=C(COc1ccc(Cl)cc1)Nc1nnc(SCC(=O)Nc2cccc3ccccc23)s1. The summed E-state index contributed by atoms with van der Waals surface area (Å²) in [6.07, 6.45) is 0. The van der Waals surface area contributed by atoms with Gasteiger partial charge >= 0.3 is 0 Å². The second-order valence-corrected chi connectivity index (χ2v) is 9.16. The molecule has 1 aromatic heterocycles. The number of fused-ring (bicyclic) bond motifs is 1. The monoisotopic (exact) mass is 484 g/mol. The lowest BCUT2D eigenvalue weighted by molar-refractivity contribution is -0.118. The molecule has 2 N–H and O–H groups in total. The summed E-state index contributed by atoms with van der Waals surface area (Å²) in [6.45, 7) is -0.170. The van der Waals surface area contributed by atoms with Crippen molar-refractivity contribution in [2.24, 2.45) is 0 Å². The van der Waals surface area contributed by atoms with Crippen LogP contribution in [0.15, 0.2) is 71.1 Å². The quantitative estimate of drug-likeness (QED) is 0.267. The lowest BCUT2D eigenvalue weighted by Gasteiger charge is -2.08. The Morgan fingerprint density at radius 2 is 1.72 bits per heavy atom. The number of halogens is 1. The number of nitrogens with zero attached hydrogens (tertiary/aromatic N) is 2. The fraction of sp³-hybridized carbons (Fsp3) is 0.0909. The summed E-state index contributed by atoms with van der Waals surface area (Å²) in [6, 6.07) is 20.3. The molecule has 1 heterocycles. The molecule has 162 valence electrons. The number of ether oxygens (including phenoxy) is 1. The van der Waals surface area contributed by atoms with Gasteiger partial charge in [-0.1, -0.05) is 71.1 Å². The van der Waals surface area contributed by atoms with E-state index in [0.29, 0.717) is 20.2 Å². The molecule has 0 fully saturated rings. The van der Waals surface area contributed by atoms with Crippen LogP contribution in [0.4, 0.5) is 10.8 Å². The Balaban J connectivity index is 1.25. The zero-order valence-electron chi connectivity index (χ0n) is 16.6. The highest BCUT2D eigenvalue weighted by Gasteiger charge is 2.12. The maximum absolute atomic E-state index is 12.4. The summed E-state index contributed by atoms with van der Waals surface area (Å²) in [4.78, 5) is 24.4. The van der Waals surface area contributed by atoms with Gasteiger partial charge < -0.3 is 10.1 Å². The van der Waals surface area contributed by atoms with E-state index in [0.717, 1.165) is 16.5 Å². The van der Waals surface area contributed by atoms with E-state index in [2.05, 4.69) is 20.8 Å². The van der Waals surface area contributed by atoms with Crippen molar-refractivity contribution in [3.8, 4) is 5.75 Å². The number of nitrogens with one attached hydrogen (secondary N) is 2. The Bertz CT molecular complexity index is 1240. The van der Waals surface area contributed by atoms with Crippen LogP contribution in [0.25, 0.3) is 10.8 Å². The van der Waals surface area contributed by atoms with Gasteiger partial charge in [-0.15, -0.1) is 10.2 Å². The van der Waals surface area contributed by atoms with Crippen LogP contribution in [-0.4, -0.2) is 34.4 Å². The number of anilines is 2. The second-order valence-electron chi connectivity index (χ2n) is 6.53. The molecular formula is C22H17ClN4O3S2. The van der Waals surface area contributed by atoms with Gasteiger partial charge in [-0.2, -0.15) is 0 Å². The highest BCUT2D eigenvalue weighted by atomic mass is 35.5. The maximum Gasteiger partial charge on any atom is 0.264 e. The van der Waals surface area contributed by atoms with Crippen LogP contribution in [0, 0.1) is 0 Å². The predicted octanol–water partition coefficient (Wildman–Crippen LogP) is 5.09. The number of thioether (sulfide) groups is 1. The molecule has 10 heteroatoms. The average Bonchev–Trinajstić information content (AvgIpc) is 3.25. The molecular weight excluding hydrogens is 468 g/mol. The number of amides is 2. The zero-order valence-corrected chi connectivity index (χ0v) is 19.0. The van der Waals surface area contributed by atoms with E-state index in [1.807, 2.05) is 42.5 Å². The van der Waals surface area contributed by atoms with Crippen LogP contribution >= 0.6 is 34.7 Å².